The van der Waals surface area contributed by atoms with Crippen LogP contribution in [-0.2, 0) is 16.1 Å². The lowest BCUT2D eigenvalue weighted by molar-refractivity contribution is -0.117. The summed E-state index contributed by atoms with van der Waals surface area (Å²) in [6.07, 6.45) is 0. The predicted molar refractivity (Wildman–Crippen MR) is 106 cm³/mol. The lowest BCUT2D eigenvalue weighted by atomic mass is 10.2. The highest BCUT2D eigenvalue weighted by Gasteiger charge is 2.12. The van der Waals surface area contributed by atoms with Gasteiger partial charge in [-0.2, -0.15) is 0 Å². The molecular weight excluding hydrogens is 350 g/mol. The summed E-state index contributed by atoms with van der Waals surface area (Å²) in [5.41, 5.74) is 2.97. The van der Waals surface area contributed by atoms with Gasteiger partial charge in [-0.3, -0.25) is 9.69 Å². The molecule has 6 heteroatoms. The number of amides is 1. The van der Waals surface area contributed by atoms with Gasteiger partial charge in [-0.25, -0.2) is 0 Å². The number of carbonyl (C=O) groups is 1. The number of nitrogens with zero attached hydrogens (tertiary/aromatic N) is 2. The van der Waals surface area contributed by atoms with E-state index in [4.69, 9.17) is 16.3 Å². The highest BCUT2D eigenvalue weighted by Crippen LogP contribution is 2.19. The normalized spacial score (nSPS) is 14.5. The van der Waals surface area contributed by atoms with Gasteiger partial charge in [-0.05, 0) is 42.9 Å². The molecule has 1 heterocycles. The zero-order chi connectivity index (χ0) is 18.4. The number of hydrogen-bond acceptors (Lipinski definition) is 4. The van der Waals surface area contributed by atoms with E-state index in [1.807, 2.05) is 60.5 Å². The summed E-state index contributed by atoms with van der Waals surface area (Å²) in [6, 6.07) is 15.6. The molecule has 0 spiro atoms. The number of nitrogens with one attached hydrogen (secondary N) is 1. The topological polar surface area (TPSA) is 44.8 Å². The fourth-order valence-electron chi connectivity index (χ4n) is 3.00. The zero-order valence-electron chi connectivity index (χ0n) is 15.0. The molecule has 0 radical (unpaired) electrons. The molecule has 0 aromatic heterocycles. The van der Waals surface area contributed by atoms with Crippen LogP contribution >= 0.6 is 11.6 Å². The van der Waals surface area contributed by atoms with E-state index >= 15 is 0 Å². The molecule has 0 aliphatic carbocycles. The van der Waals surface area contributed by atoms with Crippen molar-refractivity contribution in [3.8, 4) is 0 Å². The Morgan fingerprint density at radius 3 is 2.54 bits per heavy atom. The van der Waals surface area contributed by atoms with Crippen LogP contribution in [0.25, 0.3) is 0 Å². The van der Waals surface area contributed by atoms with Crippen molar-refractivity contribution in [1.29, 1.82) is 0 Å². The average molecular weight is 374 g/mol. The number of anilines is 2. The Morgan fingerprint density at radius 2 is 1.85 bits per heavy atom. The lowest BCUT2D eigenvalue weighted by Crippen LogP contribution is -2.36. The standard InChI is InChI=1S/C20H24ClN3O2/c1-23(14-16-4-2-3-5-19(16)21)15-20(25)22-17-6-8-18(9-7-17)24-10-12-26-13-11-24/h2-9H,10-15H2,1H3,(H,22,25). The van der Waals surface area contributed by atoms with Crippen LogP contribution in [0.15, 0.2) is 48.5 Å². The molecule has 26 heavy (non-hydrogen) atoms. The van der Waals surface area contributed by atoms with Crippen molar-refractivity contribution in [1.82, 2.24) is 4.90 Å². The third-order valence-corrected chi connectivity index (χ3v) is 4.71. The van der Waals surface area contributed by atoms with E-state index in [1.165, 1.54) is 0 Å². The molecule has 1 amide bonds. The van der Waals surface area contributed by atoms with Gasteiger partial charge in [0.15, 0.2) is 0 Å². The van der Waals surface area contributed by atoms with Crippen LogP contribution < -0.4 is 10.2 Å². The monoisotopic (exact) mass is 373 g/mol. The van der Waals surface area contributed by atoms with E-state index in [1.54, 1.807) is 0 Å². The number of morpholine rings is 1. The molecular formula is C20H24ClN3O2. The minimum atomic E-state index is -0.0429. The van der Waals surface area contributed by atoms with E-state index in [-0.39, 0.29) is 5.91 Å². The van der Waals surface area contributed by atoms with Crippen LogP contribution in [0, 0.1) is 0 Å². The quantitative estimate of drug-likeness (QED) is 0.844. The number of benzene rings is 2. The highest BCUT2D eigenvalue weighted by molar-refractivity contribution is 6.31. The first-order valence-corrected chi connectivity index (χ1v) is 9.14. The maximum absolute atomic E-state index is 12.3. The predicted octanol–water partition coefficient (Wildman–Crippen LogP) is 3.25. The van der Waals surface area contributed by atoms with Crippen molar-refractivity contribution >= 4 is 28.9 Å². The third-order valence-electron chi connectivity index (χ3n) is 4.34. The number of carbonyl (C=O) groups excluding carboxylic acids is 1. The van der Waals surface area contributed by atoms with E-state index in [0.717, 1.165) is 48.3 Å². The van der Waals surface area contributed by atoms with Crippen LogP contribution in [0.2, 0.25) is 5.02 Å². The summed E-state index contributed by atoms with van der Waals surface area (Å²) in [4.78, 5) is 16.5. The van der Waals surface area contributed by atoms with Crippen LogP contribution in [0.1, 0.15) is 5.56 Å². The maximum atomic E-state index is 12.3. The summed E-state index contributed by atoms with van der Waals surface area (Å²) in [5.74, 6) is -0.0429. The first-order chi connectivity index (χ1) is 12.6. The zero-order valence-corrected chi connectivity index (χ0v) is 15.7. The van der Waals surface area contributed by atoms with E-state index in [9.17, 15) is 4.79 Å². The van der Waals surface area contributed by atoms with Gasteiger partial charge in [-0.1, -0.05) is 29.8 Å². The summed E-state index contributed by atoms with van der Waals surface area (Å²) >= 11 is 6.17. The highest BCUT2D eigenvalue weighted by atomic mass is 35.5. The lowest BCUT2D eigenvalue weighted by Gasteiger charge is -2.28. The molecule has 1 N–H and O–H groups in total. The second kappa shape index (κ2) is 9.03. The Morgan fingerprint density at radius 1 is 1.15 bits per heavy atom. The third kappa shape index (κ3) is 5.21. The van der Waals surface area contributed by atoms with Crippen molar-refractivity contribution < 1.29 is 9.53 Å². The smallest absolute Gasteiger partial charge is 0.238 e. The van der Waals surface area contributed by atoms with E-state index in [0.29, 0.717) is 13.1 Å². The molecule has 5 nitrogen and oxygen atoms in total. The molecule has 3 rings (SSSR count). The summed E-state index contributed by atoms with van der Waals surface area (Å²) in [6.45, 7) is 4.25. The molecule has 138 valence electrons. The van der Waals surface area contributed by atoms with Gasteiger partial charge in [0.25, 0.3) is 0 Å². The molecule has 0 bridgehead atoms. The van der Waals surface area contributed by atoms with Gasteiger partial charge in [0.1, 0.15) is 0 Å². The second-order valence-corrected chi connectivity index (χ2v) is 6.87. The Hall–Kier alpha value is -2.08. The molecule has 0 atom stereocenters. The molecule has 2 aromatic carbocycles. The van der Waals surface area contributed by atoms with Crippen LogP contribution in [0.5, 0.6) is 0 Å². The number of hydrogen-bond donors (Lipinski definition) is 1. The van der Waals surface area contributed by atoms with Crippen LogP contribution in [-0.4, -0.2) is 50.7 Å². The summed E-state index contributed by atoms with van der Waals surface area (Å²) < 4.78 is 5.37. The minimum absolute atomic E-state index is 0.0429. The van der Waals surface area contributed by atoms with Gasteiger partial charge >= 0.3 is 0 Å². The Balaban J connectivity index is 1.50. The van der Waals surface area contributed by atoms with Crippen LogP contribution in [0.4, 0.5) is 11.4 Å². The van der Waals surface area contributed by atoms with Gasteiger partial charge in [0.2, 0.25) is 5.91 Å². The van der Waals surface area contributed by atoms with Crippen LogP contribution in [0.3, 0.4) is 0 Å². The van der Waals surface area contributed by atoms with Gasteiger partial charge in [-0.15, -0.1) is 0 Å². The van der Waals surface area contributed by atoms with Crippen molar-refractivity contribution in [3.05, 3.63) is 59.1 Å². The molecule has 1 aliphatic heterocycles. The van der Waals surface area contributed by atoms with E-state index < -0.39 is 0 Å². The summed E-state index contributed by atoms with van der Waals surface area (Å²) in [5, 5.41) is 3.67. The van der Waals surface area contributed by atoms with E-state index in [2.05, 4.69) is 10.2 Å². The molecule has 2 aromatic rings. The molecule has 1 saturated heterocycles. The maximum Gasteiger partial charge on any atom is 0.238 e. The first-order valence-electron chi connectivity index (χ1n) is 8.76. The molecule has 1 aliphatic rings. The van der Waals surface area contributed by atoms with Gasteiger partial charge in [0, 0.05) is 36.0 Å². The number of rotatable bonds is 6. The Bertz CT molecular complexity index is 730. The second-order valence-electron chi connectivity index (χ2n) is 6.46. The van der Waals surface area contributed by atoms with Gasteiger partial charge in [0.05, 0.1) is 19.8 Å². The SMILES string of the molecule is CN(CC(=O)Nc1ccc(N2CCOCC2)cc1)Cc1ccccc1Cl. The largest absolute Gasteiger partial charge is 0.378 e. The average Bonchev–Trinajstić information content (AvgIpc) is 2.65. The van der Waals surface area contributed by atoms with Crippen molar-refractivity contribution in [2.24, 2.45) is 0 Å². The van der Waals surface area contributed by atoms with Crippen molar-refractivity contribution in [2.75, 3.05) is 50.1 Å². The van der Waals surface area contributed by atoms with Crippen molar-refractivity contribution in [2.45, 2.75) is 6.54 Å². The molecule has 0 saturated carbocycles. The molecule has 0 unspecified atom stereocenters. The number of halogens is 1. The van der Waals surface area contributed by atoms with Crippen molar-refractivity contribution in [3.63, 3.8) is 0 Å². The Labute approximate surface area is 159 Å². The molecule has 1 fully saturated rings. The fraction of sp³-hybridized carbons (Fsp3) is 0.350. The fourth-order valence-corrected chi connectivity index (χ4v) is 3.19. The Kier molecular flexibility index (Phi) is 6.50. The summed E-state index contributed by atoms with van der Waals surface area (Å²) in [7, 11) is 1.91. The minimum Gasteiger partial charge on any atom is -0.378 e. The van der Waals surface area contributed by atoms with Gasteiger partial charge < -0.3 is 15.0 Å². The first kappa shape index (κ1) is 18.7. The number of ether oxygens (including phenoxy) is 1. The number of likely N-dealkylation sites (N-methyl/N-ethyl adjacent to an activating group) is 1.